The summed E-state index contributed by atoms with van der Waals surface area (Å²) < 4.78 is 11.3. The average molecular weight is 346 g/mol. The van der Waals surface area contributed by atoms with Crippen LogP contribution in [0.5, 0.6) is 5.75 Å². The third-order valence-corrected chi connectivity index (χ3v) is 3.34. The second kappa shape index (κ2) is 6.19. The molecule has 1 aliphatic heterocycles. The summed E-state index contributed by atoms with van der Waals surface area (Å²) >= 11 is 3.17. The monoisotopic (exact) mass is 345 g/mol. The van der Waals surface area contributed by atoms with E-state index < -0.39 is 17.0 Å². The number of hydrogen-bond acceptors (Lipinski definition) is 5. The molecule has 0 spiro atoms. The second-order valence-electron chi connectivity index (χ2n) is 4.38. The van der Waals surface area contributed by atoms with Gasteiger partial charge in [-0.2, -0.15) is 0 Å². The van der Waals surface area contributed by atoms with Crippen molar-refractivity contribution >= 4 is 27.6 Å². The number of ether oxygens (including phenoxy) is 2. The summed E-state index contributed by atoms with van der Waals surface area (Å²) in [5.41, 5.74) is -0.0786. The van der Waals surface area contributed by atoms with Gasteiger partial charge < -0.3 is 14.6 Å². The minimum Gasteiger partial charge on any atom is -0.491 e. The molecule has 1 heterocycles. The van der Waals surface area contributed by atoms with Crippen LogP contribution >= 0.6 is 15.9 Å². The maximum absolute atomic E-state index is 10.7. The molecule has 0 bridgehead atoms. The zero-order valence-electron chi connectivity index (χ0n) is 10.3. The van der Waals surface area contributed by atoms with Crippen molar-refractivity contribution in [2.45, 2.75) is 25.0 Å². The molecule has 7 nitrogen and oxygen atoms in total. The van der Waals surface area contributed by atoms with Crippen LogP contribution in [-0.2, 0) is 9.53 Å². The number of benzene rings is 1. The van der Waals surface area contributed by atoms with E-state index in [0.717, 1.165) is 0 Å². The van der Waals surface area contributed by atoms with Crippen LogP contribution in [0.25, 0.3) is 0 Å². The van der Waals surface area contributed by atoms with Crippen molar-refractivity contribution in [1.82, 2.24) is 0 Å². The van der Waals surface area contributed by atoms with Crippen molar-refractivity contribution in [2.24, 2.45) is 0 Å². The highest BCUT2D eigenvalue weighted by atomic mass is 79.9. The highest BCUT2D eigenvalue weighted by Crippen LogP contribution is 2.27. The van der Waals surface area contributed by atoms with Gasteiger partial charge in [-0.05, 0) is 18.9 Å². The van der Waals surface area contributed by atoms with Gasteiger partial charge in [-0.1, -0.05) is 15.9 Å². The Labute approximate surface area is 122 Å². The lowest BCUT2D eigenvalue weighted by Gasteiger charge is -2.12. The Morgan fingerprint density at radius 3 is 2.85 bits per heavy atom. The first-order chi connectivity index (χ1) is 9.45. The molecule has 0 amide bonds. The summed E-state index contributed by atoms with van der Waals surface area (Å²) in [6.45, 7) is 0.164. The van der Waals surface area contributed by atoms with E-state index in [1.165, 1.54) is 12.1 Å². The molecule has 1 aromatic rings. The van der Waals surface area contributed by atoms with Gasteiger partial charge in [0.2, 0.25) is 0 Å². The smallest absolute Gasteiger partial charge is 0.332 e. The molecule has 8 heteroatoms. The molecule has 108 valence electrons. The summed E-state index contributed by atoms with van der Waals surface area (Å²) in [7, 11) is 0. The van der Waals surface area contributed by atoms with Crippen LogP contribution in [0.15, 0.2) is 22.7 Å². The SMILES string of the molecule is O=C(O)C1CCC(COc2cc(Br)cc([N+](=O)[O-])c2)O1. The largest absolute Gasteiger partial charge is 0.491 e. The van der Waals surface area contributed by atoms with E-state index in [9.17, 15) is 14.9 Å². The van der Waals surface area contributed by atoms with E-state index >= 15 is 0 Å². The van der Waals surface area contributed by atoms with Gasteiger partial charge in [-0.15, -0.1) is 0 Å². The molecule has 1 saturated heterocycles. The topological polar surface area (TPSA) is 98.9 Å². The van der Waals surface area contributed by atoms with Gasteiger partial charge >= 0.3 is 5.97 Å². The summed E-state index contributed by atoms with van der Waals surface area (Å²) in [6.07, 6.45) is -0.0655. The molecule has 2 rings (SSSR count). The van der Waals surface area contributed by atoms with Crippen LogP contribution in [0, 0.1) is 10.1 Å². The van der Waals surface area contributed by atoms with Gasteiger partial charge in [0.15, 0.2) is 6.10 Å². The fourth-order valence-electron chi connectivity index (χ4n) is 1.94. The number of nitrogens with zero attached hydrogens (tertiary/aromatic N) is 1. The maximum Gasteiger partial charge on any atom is 0.332 e. The number of carboxylic acids is 1. The zero-order chi connectivity index (χ0) is 14.7. The number of nitro groups is 1. The molecule has 0 aliphatic carbocycles. The quantitative estimate of drug-likeness (QED) is 0.649. The maximum atomic E-state index is 10.7. The average Bonchev–Trinajstić information content (AvgIpc) is 2.84. The number of aliphatic carboxylic acids is 1. The highest BCUT2D eigenvalue weighted by molar-refractivity contribution is 9.10. The predicted octanol–water partition coefficient (Wildman–Crippen LogP) is 2.37. The number of carbonyl (C=O) groups is 1. The number of halogens is 1. The molecule has 2 unspecified atom stereocenters. The normalized spacial score (nSPS) is 21.6. The summed E-state index contributed by atoms with van der Waals surface area (Å²) in [5, 5.41) is 19.5. The van der Waals surface area contributed by atoms with Crippen LogP contribution in [0.1, 0.15) is 12.8 Å². The molecule has 0 saturated carbocycles. The van der Waals surface area contributed by atoms with Gasteiger partial charge in [0.1, 0.15) is 12.4 Å². The molecular weight excluding hydrogens is 334 g/mol. The van der Waals surface area contributed by atoms with E-state index in [0.29, 0.717) is 23.1 Å². The predicted molar refractivity (Wildman–Crippen MR) is 71.8 cm³/mol. The van der Waals surface area contributed by atoms with Crippen molar-refractivity contribution in [1.29, 1.82) is 0 Å². The molecular formula is C12H12BrNO6. The standard InChI is InChI=1S/C12H12BrNO6/c13-7-3-8(14(17)18)5-10(4-7)19-6-9-1-2-11(20-9)12(15)16/h3-5,9,11H,1-2,6H2,(H,15,16). The van der Waals surface area contributed by atoms with Crippen molar-refractivity contribution in [3.05, 3.63) is 32.8 Å². The van der Waals surface area contributed by atoms with Crippen molar-refractivity contribution in [3.8, 4) is 5.75 Å². The summed E-state index contributed by atoms with van der Waals surface area (Å²) in [6, 6.07) is 4.30. The van der Waals surface area contributed by atoms with Gasteiger partial charge in [0.25, 0.3) is 5.69 Å². The number of rotatable bonds is 5. The molecule has 2 atom stereocenters. The van der Waals surface area contributed by atoms with Crippen LogP contribution in [0.3, 0.4) is 0 Å². The fraction of sp³-hybridized carbons (Fsp3) is 0.417. The number of hydrogen-bond donors (Lipinski definition) is 1. The number of nitro benzene ring substituents is 1. The Morgan fingerprint density at radius 1 is 1.50 bits per heavy atom. The van der Waals surface area contributed by atoms with Crippen LogP contribution in [0.4, 0.5) is 5.69 Å². The number of non-ortho nitro benzene ring substituents is 1. The lowest BCUT2D eigenvalue weighted by atomic mass is 10.2. The molecule has 1 fully saturated rings. The van der Waals surface area contributed by atoms with E-state index in [-0.39, 0.29) is 18.4 Å². The van der Waals surface area contributed by atoms with Crippen molar-refractivity contribution in [3.63, 3.8) is 0 Å². The van der Waals surface area contributed by atoms with Crippen molar-refractivity contribution in [2.75, 3.05) is 6.61 Å². The minimum absolute atomic E-state index is 0.0786. The number of carboxylic acid groups (broad SMARTS) is 1. The lowest BCUT2D eigenvalue weighted by Crippen LogP contribution is -2.23. The van der Waals surface area contributed by atoms with E-state index in [2.05, 4.69) is 15.9 Å². The minimum atomic E-state index is -0.981. The molecule has 20 heavy (non-hydrogen) atoms. The van der Waals surface area contributed by atoms with E-state index in [1.54, 1.807) is 6.07 Å². The van der Waals surface area contributed by atoms with Crippen LogP contribution in [-0.4, -0.2) is 34.8 Å². The third-order valence-electron chi connectivity index (χ3n) is 2.89. The van der Waals surface area contributed by atoms with Gasteiger partial charge in [-0.3, -0.25) is 10.1 Å². The summed E-state index contributed by atoms with van der Waals surface area (Å²) in [5.74, 6) is -0.640. The Bertz CT molecular complexity index is 535. The van der Waals surface area contributed by atoms with Gasteiger partial charge in [-0.25, -0.2) is 4.79 Å². The van der Waals surface area contributed by atoms with Crippen LogP contribution in [0.2, 0.25) is 0 Å². The molecule has 1 aliphatic rings. The highest BCUT2D eigenvalue weighted by Gasteiger charge is 2.30. The second-order valence-corrected chi connectivity index (χ2v) is 5.29. The van der Waals surface area contributed by atoms with E-state index in [4.69, 9.17) is 14.6 Å². The Balaban J connectivity index is 1.95. The first kappa shape index (κ1) is 14.7. The van der Waals surface area contributed by atoms with Gasteiger partial charge in [0.05, 0.1) is 17.1 Å². The first-order valence-corrected chi connectivity index (χ1v) is 6.71. The van der Waals surface area contributed by atoms with E-state index in [1.807, 2.05) is 0 Å². The van der Waals surface area contributed by atoms with Gasteiger partial charge in [0, 0.05) is 10.5 Å². The Hall–Kier alpha value is -1.67. The fourth-order valence-corrected chi connectivity index (χ4v) is 2.40. The zero-order valence-corrected chi connectivity index (χ0v) is 11.9. The Morgan fingerprint density at radius 2 is 2.25 bits per heavy atom. The first-order valence-electron chi connectivity index (χ1n) is 5.92. The molecule has 0 aromatic heterocycles. The molecule has 1 aromatic carbocycles. The van der Waals surface area contributed by atoms with Crippen LogP contribution < -0.4 is 4.74 Å². The Kier molecular flexibility index (Phi) is 4.56. The molecule has 0 radical (unpaired) electrons. The van der Waals surface area contributed by atoms with Crippen molar-refractivity contribution < 1.29 is 24.3 Å². The molecule has 1 N–H and O–H groups in total. The lowest BCUT2D eigenvalue weighted by molar-refractivity contribution is -0.385. The third kappa shape index (κ3) is 3.67. The summed E-state index contributed by atoms with van der Waals surface area (Å²) in [4.78, 5) is 21.0.